The lowest BCUT2D eigenvalue weighted by Gasteiger charge is -2.20. The molecule has 0 saturated carbocycles. The molecule has 0 atom stereocenters. The summed E-state index contributed by atoms with van der Waals surface area (Å²) in [7, 11) is -3.38. The Hall–Kier alpha value is -1.16. The SMILES string of the molecule is CCOP(=O)(OCC)/C(=N/OCc1ccccc1)C(C)C. The van der Waals surface area contributed by atoms with E-state index < -0.39 is 7.60 Å². The van der Waals surface area contributed by atoms with Crippen molar-refractivity contribution < 1.29 is 18.5 Å². The Balaban J connectivity index is 2.84. The number of rotatable bonds is 9. The van der Waals surface area contributed by atoms with Gasteiger partial charge in [-0.05, 0) is 19.4 Å². The minimum absolute atomic E-state index is 0.0929. The lowest BCUT2D eigenvalue weighted by molar-refractivity contribution is 0.128. The predicted octanol–water partition coefficient (Wildman–Crippen LogP) is 4.44. The summed E-state index contributed by atoms with van der Waals surface area (Å²) in [6.07, 6.45) is 0. The van der Waals surface area contributed by atoms with Crippen molar-refractivity contribution >= 4 is 13.0 Å². The normalized spacial score (nSPS) is 12.7. The van der Waals surface area contributed by atoms with Crippen LogP contribution in [-0.2, 0) is 25.1 Å². The molecule has 0 amide bonds. The van der Waals surface area contributed by atoms with Gasteiger partial charge >= 0.3 is 7.60 Å². The molecule has 0 bridgehead atoms. The first-order valence-electron chi connectivity index (χ1n) is 7.17. The molecule has 6 heteroatoms. The third-order valence-electron chi connectivity index (χ3n) is 2.63. The molecule has 0 aromatic heterocycles. The van der Waals surface area contributed by atoms with E-state index in [0.29, 0.717) is 25.3 Å². The number of nitrogens with zero attached hydrogens (tertiary/aromatic N) is 1. The molecule has 1 rings (SSSR count). The molecule has 1 aromatic rings. The van der Waals surface area contributed by atoms with Crippen LogP contribution in [0.3, 0.4) is 0 Å². The van der Waals surface area contributed by atoms with Gasteiger partial charge in [-0.3, -0.25) is 4.57 Å². The first-order valence-corrected chi connectivity index (χ1v) is 8.71. The van der Waals surface area contributed by atoms with Gasteiger partial charge in [0.05, 0.1) is 13.2 Å². The van der Waals surface area contributed by atoms with E-state index in [-0.39, 0.29) is 5.92 Å². The highest BCUT2D eigenvalue weighted by Crippen LogP contribution is 2.51. The lowest BCUT2D eigenvalue weighted by atomic mass is 10.2. The zero-order valence-electron chi connectivity index (χ0n) is 13.1. The molecule has 0 spiro atoms. The zero-order valence-corrected chi connectivity index (χ0v) is 14.0. The Labute approximate surface area is 126 Å². The van der Waals surface area contributed by atoms with Crippen LogP contribution in [0.2, 0.25) is 0 Å². The van der Waals surface area contributed by atoms with Gasteiger partial charge in [0, 0.05) is 5.92 Å². The minimum Gasteiger partial charge on any atom is -0.390 e. The maximum Gasteiger partial charge on any atom is 0.379 e. The van der Waals surface area contributed by atoms with E-state index >= 15 is 0 Å². The van der Waals surface area contributed by atoms with Crippen LogP contribution in [0.5, 0.6) is 0 Å². The molecule has 1 aromatic carbocycles. The van der Waals surface area contributed by atoms with Gasteiger partial charge in [-0.15, -0.1) is 0 Å². The number of oxime groups is 1. The summed E-state index contributed by atoms with van der Waals surface area (Å²) in [6.45, 7) is 8.21. The van der Waals surface area contributed by atoms with Crippen LogP contribution >= 0.6 is 7.60 Å². The van der Waals surface area contributed by atoms with Gasteiger partial charge in [0.1, 0.15) is 6.61 Å². The summed E-state index contributed by atoms with van der Waals surface area (Å²) >= 11 is 0. The smallest absolute Gasteiger partial charge is 0.379 e. The Kier molecular flexibility index (Phi) is 7.65. The van der Waals surface area contributed by atoms with E-state index in [1.54, 1.807) is 13.8 Å². The molecule has 0 radical (unpaired) electrons. The van der Waals surface area contributed by atoms with E-state index in [1.165, 1.54) is 0 Å². The molecule has 0 N–H and O–H groups in total. The van der Waals surface area contributed by atoms with E-state index in [1.807, 2.05) is 44.2 Å². The van der Waals surface area contributed by atoms with Crippen molar-refractivity contribution in [2.45, 2.75) is 34.3 Å². The molecular formula is C15H24NO4P. The molecule has 0 saturated heterocycles. The van der Waals surface area contributed by atoms with Gasteiger partial charge in [0.25, 0.3) is 0 Å². The second-order valence-corrected chi connectivity index (χ2v) is 6.67. The molecule has 0 heterocycles. The Bertz CT molecular complexity index is 478. The van der Waals surface area contributed by atoms with Crippen LogP contribution in [0.1, 0.15) is 33.3 Å². The van der Waals surface area contributed by atoms with E-state index in [9.17, 15) is 4.57 Å². The van der Waals surface area contributed by atoms with Crippen molar-refractivity contribution in [1.82, 2.24) is 0 Å². The number of benzene rings is 1. The van der Waals surface area contributed by atoms with Crippen molar-refractivity contribution in [1.29, 1.82) is 0 Å². The van der Waals surface area contributed by atoms with Gasteiger partial charge in [-0.1, -0.05) is 49.3 Å². The Morgan fingerprint density at radius 2 is 1.71 bits per heavy atom. The Morgan fingerprint density at radius 3 is 2.19 bits per heavy atom. The lowest BCUT2D eigenvalue weighted by Crippen LogP contribution is -2.14. The third-order valence-corrected chi connectivity index (χ3v) is 4.98. The minimum atomic E-state index is -3.38. The van der Waals surface area contributed by atoms with Crippen LogP contribution in [0.4, 0.5) is 0 Å². The highest BCUT2D eigenvalue weighted by Gasteiger charge is 2.34. The molecule has 0 aliphatic heterocycles. The molecule has 118 valence electrons. The highest BCUT2D eigenvalue weighted by molar-refractivity contribution is 7.72. The largest absolute Gasteiger partial charge is 0.390 e. The third kappa shape index (κ3) is 5.62. The highest BCUT2D eigenvalue weighted by atomic mass is 31.2. The van der Waals surface area contributed by atoms with Crippen molar-refractivity contribution in [3.05, 3.63) is 35.9 Å². The average molecular weight is 313 g/mol. The summed E-state index contributed by atoms with van der Waals surface area (Å²) in [5, 5.41) is 4.03. The monoisotopic (exact) mass is 313 g/mol. The van der Waals surface area contributed by atoms with Crippen LogP contribution in [0.25, 0.3) is 0 Å². The van der Waals surface area contributed by atoms with Gasteiger partial charge in [0.2, 0.25) is 0 Å². The van der Waals surface area contributed by atoms with Crippen molar-refractivity contribution in [2.24, 2.45) is 11.1 Å². The first-order chi connectivity index (χ1) is 10.0. The topological polar surface area (TPSA) is 57.1 Å². The van der Waals surface area contributed by atoms with Gasteiger partial charge in [0.15, 0.2) is 5.45 Å². The second-order valence-electron chi connectivity index (χ2n) is 4.70. The van der Waals surface area contributed by atoms with Crippen LogP contribution in [0.15, 0.2) is 35.5 Å². The average Bonchev–Trinajstić information content (AvgIpc) is 2.44. The summed E-state index contributed by atoms with van der Waals surface area (Å²) in [5.41, 5.74) is 1.31. The predicted molar refractivity (Wildman–Crippen MR) is 84.4 cm³/mol. The van der Waals surface area contributed by atoms with Gasteiger partial charge in [-0.25, -0.2) is 0 Å². The summed E-state index contributed by atoms with van der Waals surface area (Å²) in [4.78, 5) is 5.34. The fraction of sp³-hybridized carbons (Fsp3) is 0.533. The van der Waals surface area contributed by atoms with E-state index in [4.69, 9.17) is 13.9 Å². The van der Waals surface area contributed by atoms with Crippen molar-refractivity contribution in [3.8, 4) is 0 Å². The second kappa shape index (κ2) is 8.98. The first kappa shape index (κ1) is 17.9. The maximum atomic E-state index is 12.7. The number of hydrogen-bond donors (Lipinski definition) is 0. The fourth-order valence-electron chi connectivity index (χ4n) is 1.73. The summed E-state index contributed by atoms with van der Waals surface area (Å²) in [5.74, 6) is -0.0929. The quantitative estimate of drug-likeness (QED) is 0.384. The molecule has 21 heavy (non-hydrogen) atoms. The maximum absolute atomic E-state index is 12.7. The summed E-state index contributed by atoms with van der Waals surface area (Å²) in [6, 6.07) is 9.67. The Morgan fingerprint density at radius 1 is 1.14 bits per heavy atom. The van der Waals surface area contributed by atoms with Crippen LogP contribution < -0.4 is 0 Å². The molecule has 0 fully saturated rings. The standard InChI is InChI=1S/C15H24NO4P/c1-5-19-21(17,20-6-2)15(13(3)4)16-18-12-14-10-8-7-9-11-14/h7-11,13H,5-6,12H2,1-4H3/b16-15+. The molecule has 5 nitrogen and oxygen atoms in total. The van der Waals surface area contributed by atoms with Crippen LogP contribution in [-0.4, -0.2) is 18.7 Å². The van der Waals surface area contributed by atoms with Crippen LogP contribution in [0, 0.1) is 5.92 Å². The zero-order chi connectivity index (χ0) is 15.7. The molecular weight excluding hydrogens is 289 g/mol. The number of hydrogen-bond acceptors (Lipinski definition) is 5. The molecule has 0 aliphatic carbocycles. The van der Waals surface area contributed by atoms with Gasteiger partial charge < -0.3 is 13.9 Å². The van der Waals surface area contributed by atoms with Crippen molar-refractivity contribution in [2.75, 3.05) is 13.2 Å². The van der Waals surface area contributed by atoms with Crippen molar-refractivity contribution in [3.63, 3.8) is 0 Å². The molecule has 0 unspecified atom stereocenters. The fourth-order valence-corrected chi connectivity index (χ4v) is 3.54. The van der Waals surface area contributed by atoms with E-state index in [0.717, 1.165) is 5.56 Å². The summed E-state index contributed by atoms with van der Waals surface area (Å²) < 4.78 is 23.4. The van der Waals surface area contributed by atoms with E-state index in [2.05, 4.69) is 5.16 Å². The van der Waals surface area contributed by atoms with Gasteiger partial charge in [-0.2, -0.15) is 0 Å². The molecule has 0 aliphatic rings.